The number of carboxylic acid groups (broad SMARTS) is 1. The highest BCUT2D eigenvalue weighted by molar-refractivity contribution is 6.01. The molecule has 0 saturated heterocycles. The molecule has 0 radical (unpaired) electrons. The summed E-state index contributed by atoms with van der Waals surface area (Å²) in [6.45, 7) is 1.48. The summed E-state index contributed by atoms with van der Waals surface area (Å²) in [5, 5.41) is 8.86. The van der Waals surface area contributed by atoms with E-state index in [-0.39, 0.29) is 17.8 Å². The highest BCUT2D eigenvalue weighted by Gasteiger charge is 2.22. The average molecular weight is 282 g/mol. The lowest BCUT2D eigenvalue weighted by molar-refractivity contribution is -0.141. The third-order valence-electron chi connectivity index (χ3n) is 2.92. The minimum Gasteiger partial charge on any atom is -0.496 e. The first-order chi connectivity index (χ1) is 9.44. The zero-order valence-electron chi connectivity index (χ0n) is 11.9. The molecule has 0 heterocycles. The van der Waals surface area contributed by atoms with E-state index in [1.54, 1.807) is 0 Å². The Kier molecular flexibility index (Phi) is 5.37. The Balaban J connectivity index is 3.15. The Bertz CT molecular complexity index is 509. The van der Waals surface area contributed by atoms with Crippen molar-refractivity contribution in [3.63, 3.8) is 0 Å². The van der Waals surface area contributed by atoms with Crippen molar-refractivity contribution >= 4 is 11.8 Å². The van der Waals surface area contributed by atoms with Gasteiger partial charge >= 0.3 is 5.97 Å². The highest BCUT2D eigenvalue weighted by Crippen LogP contribution is 2.35. The van der Waals surface area contributed by atoms with Gasteiger partial charge in [0.25, 0.3) is 0 Å². The molecule has 0 aliphatic heterocycles. The number of methoxy groups -OCH3 is 3. The van der Waals surface area contributed by atoms with Gasteiger partial charge in [-0.3, -0.25) is 9.59 Å². The third kappa shape index (κ3) is 3.40. The van der Waals surface area contributed by atoms with Crippen LogP contribution in [-0.2, 0) is 4.79 Å². The van der Waals surface area contributed by atoms with Crippen LogP contribution in [0, 0.1) is 5.92 Å². The second-order valence-corrected chi connectivity index (χ2v) is 4.27. The van der Waals surface area contributed by atoms with Crippen LogP contribution in [0.3, 0.4) is 0 Å². The van der Waals surface area contributed by atoms with Crippen LogP contribution in [0.5, 0.6) is 17.2 Å². The number of aliphatic carboxylic acids is 1. The van der Waals surface area contributed by atoms with E-state index in [4.69, 9.17) is 19.3 Å². The fourth-order valence-corrected chi connectivity index (χ4v) is 1.72. The molecule has 1 aromatic carbocycles. The summed E-state index contributed by atoms with van der Waals surface area (Å²) in [7, 11) is 4.36. The molecule has 1 rings (SSSR count). The van der Waals surface area contributed by atoms with Gasteiger partial charge in [-0.1, -0.05) is 6.92 Å². The van der Waals surface area contributed by atoms with Gasteiger partial charge in [0.2, 0.25) is 0 Å². The zero-order chi connectivity index (χ0) is 15.3. The Morgan fingerprint density at radius 3 is 2.00 bits per heavy atom. The molecule has 20 heavy (non-hydrogen) atoms. The molecule has 1 atom stereocenters. The molecular weight excluding hydrogens is 264 g/mol. The quantitative estimate of drug-likeness (QED) is 0.770. The summed E-state index contributed by atoms with van der Waals surface area (Å²) < 4.78 is 15.4. The number of ether oxygens (including phenoxy) is 3. The van der Waals surface area contributed by atoms with Gasteiger partial charge in [0, 0.05) is 12.5 Å². The minimum atomic E-state index is -1.02. The van der Waals surface area contributed by atoms with Crippen LogP contribution < -0.4 is 14.2 Å². The Morgan fingerprint density at radius 2 is 1.55 bits per heavy atom. The molecule has 6 heteroatoms. The van der Waals surface area contributed by atoms with Crippen molar-refractivity contribution in [3.05, 3.63) is 17.7 Å². The van der Waals surface area contributed by atoms with Crippen LogP contribution in [0.2, 0.25) is 0 Å². The molecule has 0 amide bonds. The smallest absolute Gasteiger partial charge is 0.306 e. The number of hydrogen-bond acceptors (Lipinski definition) is 5. The van der Waals surface area contributed by atoms with Crippen LogP contribution in [0.4, 0.5) is 0 Å². The summed E-state index contributed by atoms with van der Waals surface area (Å²) in [5.41, 5.74) is 0.276. The normalized spacial score (nSPS) is 11.6. The van der Waals surface area contributed by atoms with Gasteiger partial charge in [-0.05, 0) is 6.07 Å². The van der Waals surface area contributed by atoms with Gasteiger partial charge in [-0.25, -0.2) is 0 Å². The number of hydrogen-bond donors (Lipinski definition) is 1. The van der Waals surface area contributed by atoms with Crippen LogP contribution in [0.1, 0.15) is 23.7 Å². The van der Waals surface area contributed by atoms with Gasteiger partial charge in [-0.2, -0.15) is 0 Å². The van der Waals surface area contributed by atoms with E-state index in [2.05, 4.69) is 0 Å². The van der Waals surface area contributed by atoms with Gasteiger partial charge in [0.15, 0.2) is 17.3 Å². The van der Waals surface area contributed by atoms with Crippen LogP contribution in [-0.4, -0.2) is 38.2 Å². The number of carbonyl (C=O) groups excluding carboxylic acids is 1. The molecule has 0 saturated carbocycles. The van der Waals surface area contributed by atoms with Crippen molar-refractivity contribution in [2.24, 2.45) is 5.92 Å². The average Bonchev–Trinajstić information content (AvgIpc) is 2.45. The van der Waals surface area contributed by atoms with Gasteiger partial charge in [-0.15, -0.1) is 0 Å². The first-order valence-electron chi connectivity index (χ1n) is 6.00. The summed E-state index contributed by atoms with van der Waals surface area (Å²) in [4.78, 5) is 23.0. The number of rotatable bonds is 7. The molecule has 0 bridgehead atoms. The molecule has 6 nitrogen and oxygen atoms in total. The summed E-state index contributed by atoms with van der Waals surface area (Å²) in [6, 6.07) is 3.03. The highest BCUT2D eigenvalue weighted by atomic mass is 16.5. The first-order valence-corrected chi connectivity index (χ1v) is 6.00. The maximum Gasteiger partial charge on any atom is 0.306 e. The van der Waals surface area contributed by atoms with Crippen LogP contribution >= 0.6 is 0 Å². The lowest BCUT2D eigenvalue weighted by Crippen LogP contribution is -2.15. The molecule has 1 N–H and O–H groups in total. The number of carboxylic acids is 1. The Morgan fingerprint density at radius 1 is 1.05 bits per heavy atom. The molecule has 0 aliphatic carbocycles. The third-order valence-corrected chi connectivity index (χ3v) is 2.92. The largest absolute Gasteiger partial charge is 0.496 e. The number of ketones is 1. The van der Waals surface area contributed by atoms with E-state index < -0.39 is 11.9 Å². The van der Waals surface area contributed by atoms with E-state index in [0.717, 1.165) is 0 Å². The zero-order valence-corrected chi connectivity index (χ0v) is 11.9. The van der Waals surface area contributed by atoms with Crippen molar-refractivity contribution in [2.45, 2.75) is 13.3 Å². The number of carbonyl (C=O) groups is 2. The van der Waals surface area contributed by atoms with Gasteiger partial charge in [0.1, 0.15) is 5.75 Å². The number of Topliss-reactive ketones (excluding diaryl/α,β-unsaturated/α-hetero) is 1. The Hall–Kier alpha value is -2.24. The summed E-state index contributed by atoms with van der Waals surface area (Å²) in [5.74, 6) is -0.951. The lowest BCUT2D eigenvalue weighted by atomic mass is 9.99. The summed E-state index contributed by atoms with van der Waals surface area (Å²) >= 11 is 0. The molecule has 1 unspecified atom stereocenters. The predicted molar refractivity (Wildman–Crippen MR) is 71.8 cm³/mol. The standard InChI is InChI=1S/C14H18O6/c1-8(14(16)17)5-10(15)9-6-12(19-3)13(20-4)7-11(9)18-2/h6-8H,5H2,1-4H3,(H,16,17). The predicted octanol–water partition coefficient (Wildman–Crippen LogP) is 2.01. The Labute approximate surface area is 117 Å². The van der Waals surface area contributed by atoms with Crippen molar-refractivity contribution in [3.8, 4) is 17.2 Å². The van der Waals surface area contributed by atoms with Gasteiger partial charge < -0.3 is 19.3 Å². The monoisotopic (exact) mass is 282 g/mol. The van der Waals surface area contributed by atoms with Gasteiger partial charge in [0.05, 0.1) is 32.8 Å². The van der Waals surface area contributed by atoms with Crippen molar-refractivity contribution in [1.82, 2.24) is 0 Å². The molecular formula is C14H18O6. The number of benzene rings is 1. The van der Waals surface area contributed by atoms with Crippen molar-refractivity contribution < 1.29 is 28.9 Å². The fourth-order valence-electron chi connectivity index (χ4n) is 1.72. The fraction of sp³-hybridized carbons (Fsp3) is 0.429. The second kappa shape index (κ2) is 6.79. The van der Waals surface area contributed by atoms with Crippen LogP contribution in [0.15, 0.2) is 12.1 Å². The molecule has 1 aromatic rings. The van der Waals surface area contributed by atoms with Crippen LogP contribution in [0.25, 0.3) is 0 Å². The van der Waals surface area contributed by atoms with Crippen molar-refractivity contribution in [2.75, 3.05) is 21.3 Å². The maximum absolute atomic E-state index is 12.2. The molecule has 110 valence electrons. The molecule has 0 fully saturated rings. The minimum absolute atomic E-state index is 0.110. The SMILES string of the molecule is COc1cc(OC)c(C(=O)CC(C)C(=O)O)cc1OC. The topological polar surface area (TPSA) is 82.1 Å². The molecule has 0 aliphatic rings. The molecule has 0 aromatic heterocycles. The van der Waals surface area contributed by atoms with E-state index >= 15 is 0 Å². The van der Waals surface area contributed by atoms with E-state index in [1.807, 2.05) is 0 Å². The summed E-state index contributed by atoms with van der Waals surface area (Å²) in [6.07, 6.45) is -0.110. The lowest BCUT2D eigenvalue weighted by Gasteiger charge is -2.14. The first kappa shape index (κ1) is 15.8. The van der Waals surface area contributed by atoms with Crippen molar-refractivity contribution in [1.29, 1.82) is 0 Å². The van der Waals surface area contributed by atoms with E-state index in [9.17, 15) is 9.59 Å². The van der Waals surface area contributed by atoms with E-state index in [1.165, 1.54) is 40.4 Å². The molecule has 0 spiro atoms. The van der Waals surface area contributed by atoms with E-state index in [0.29, 0.717) is 17.2 Å². The second-order valence-electron chi connectivity index (χ2n) is 4.27. The maximum atomic E-state index is 12.2.